The smallest absolute Gasteiger partial charge is 0.288 e. The van der Waals surface area contributed by atoms with Crippen LogP contribution in [0.1, 0.15) is 46.5 Å². The predicted molar refractivity (Wildman–Crippen MR) is 54.9 cm³/mol. The van der Waals surface area contributed by atoms with E-state index in [4.69, 9.17) is 0 Å². The van der Waals surface area contributed by atoms with Crippen LogP contribution in [0.25, 0.3) is 0 Å². The minimum absolute atomic E-state index is 0.230. The zero-order chi connectivity index (χ0) is 10.8. The second-order valence-corrected chi connectivity index (χ2v) is 5.03. The molecule has 0 saturated heterocycles. The highest BCUT2D eigenvalue weighted by Gasteiger charge is 2.30. The van der Waals surface area contributed by atoms with E-state index in [0.717, 1.165) is 25.7 Å². The Balaban J connectivity index is 2.45. The molecule has 0 aromatic heterocycles. The van der Waals surface area contributed by atoms with Crippen molar-refractivity contribution in [3.63, 3.8) is 0 Å². The summed E-state index contributed by atoms with van der Waals surface area (Å²) in [5.74, 6) is -0.728. The fourth-order valence-electron chi connectivity index (χ4n) is 1.66. The van der Waals surface area contributed by atoms with Gasteiger partial charge in [0.1, 0.15) is 0 Å². The Morgan fingerprint density at radius 2 is 1.64 bits per heavy atom. The number of nitrogens with one attached hydrogen (secondary N) is 1. The third-order valence-corrected chi connectivity index (χ3v) is 2.58. The first kappa shape index (κ1) is 11.2. The van der Waals surface area contributed by atoms with Gasteiger partial charge in [0.25, 0.3) is 5.91 Å². The van der Waals surface area contributed by atoms with Gasteiger partial charge in [-0.25, -0.2) is 0 Å². The van der Waals surface area contributed by atoms with Crippen LogP contribution < -0.4 is 5.32 Å². The third-order valence-electron chi connectivity index (χ3n) is 2.58. The molecule has 0 aromatic rings. The number of Topliss-reactive ketones (excluding diaryl/α,β-unsaturated/α-hetero) is 1. The lowest BCUT2D eigenvalue weighted by Gasteiger charge is -2.18. The highest BCUT2D eigenvalue weighted by atomic mass is 16.2. The van der Waals surface area contributed by atoms with Gasteiger partial charge >= 0.3 is 0 Å². The molecule has 1 aliphatic carbocycles. The van der Waals surface area contributed by atoms with E-state index in [1.165, 1.54) is 0 Å². The lowest BCUT2D eigenvalue weighted by Crippen LogP contribution is -2.42. The minimum Gasteiger partial charge on any atom is -0.347 e. The molecule has 14 heavy (non-hydrogen) atoms. The van der Waals surface area contributed by atoms with Crippen LogP contribution in [0.5, 0.6) is 0 Å². The van der Waals surface area contributed by atoms with Crippen LogP contribution in [0.4, 0.5) is 0 Å². The molecular formula is C11H19NO2. The van der Waals surface area contributed by atoms with E-state index in [1.807, 2.05) is 0 Å². The van der Waals surface area contributed by atoms with Crippen LogP contribution in [0, 0.1) is 5.41 Å². The van der Waals surface area contributed by atoms with Crippen LogP contribution in [0.3, 0.4) is 0 Å². The number of hydrogen-bond acceptors (Lipinski definition) is 2. The maximum Gasteiger partial charge on any atom is 0.288 e. The Morgan fingerprint density at radius 3 is 2.07 bits per heavy atom. The summed E-state index contributed by atoms with van der Waals surface area (Å²) < 4.78 is 0. The number of amides is 1. The van der Waals surface area contributed by atoms with Gasteiger partial charge in [0.15, 0.2) is 0 Å². The monoisotopic (exact) mass is 197 g/mol. The van der Waals surface area contributed by atoms with Gasteiger partial charge in [-0.15, -0.1) is 0 Å². The number of carbonyl (C=O) groups is 2. The van der Waals surface area contributed by atoms with E-state index in [2.05, 4.69) is 5.32 Å². The molecule has 1 fully saturated rings. The Labute approximate surface area is 85.3 Å². The molecule has 1 rings (SSSR count). The zero-order valence-corrected chi connectivity index (χ0v) is 9.22. The van der Waals surface area contributed by atoms with Crippen molar-refractivity contribution in [2.24, 2.45) is 5.41 Å². The average Bonchev–Trinajstić information content (AvgIpc) is 2.53. The Hall–Kier alpha value is -0.860. The second-order valence-electron chi connectivity index (χ2n) is 5.03. The maximum absolute atomic E-state index is 11.5. The van der Waals surface area contributed by atoms with E-state index in [0.29, 0.717) is 0 Å². The summed E-state index contributed by atoms with van der Waals surface area (Å²) in [6.45, 7) is 5.30. The summed E-state index contributed by atoms with van der Waals surface area (Å²) in [5, 5.41) is 2.80. The fraction of sp³-hybridized carbons (Fsp3) is 0.818. The quantitative estimate of drug-likeness (QED) is 0.684. The Bertz CT molecular complexity index is 234. The van der Waals surface area contributed by atoms with Gasteiger partial charge in [0.2, 0.25) is 5.78 Å². The Morgan fingerprint density at radius 1 is 1.14 bits per heavy atom. The van der Waals surface area contributed by atoms with Crippen molar-refractivity contribution in [3.05, 3.63) is 0 Å². The van der Waals surface area contributed by atoms with E-state index in [1.54, 1.807) is 20.8 Å². The van der Waals surface area contributed by atoms with Crippen molar-refractivity contribution in [1.29, 1.82) is 0 Å². The van der Waals surface area contributed by atoms with Crippen molar-refractivity contribution in [1.82, 2.24) is 5.32 Å². The van der Waals surface area contributed by atoms with E-state index in [-0.39, 0.29) is 11.8 Å². The van der Waals surface area contributed by atoms with Crippen molar-refractivity contribution in [3.8, 4) is 0 Å². The van der Waals surface area contributed by atoms with Gasteiger partial charge < -0.3 is 5.32 Å². The summed E-state index contributed by atoms with van der Waals surface area (Å²) >= 11 is 0. The molecule has 1 amide bonds. The molecule has 0 unspecified atom stereocenters. The largest absolute Gasteiger partial charge is 0.347 e. The zero-order valence-electron chi connectivity index (χ0n) is 9.22. The molecule has 3 heteroatoms. The van der Waals surface area contributed by atoms with Gasteiger partial charge in [-0.3, -0.25) is 9.59 Å². The number of hydrogen-bond donors (Lipinski definition) is 1. The van der Waals surface area contributed by atoms with Crippen molar-refractivity contribution >= 4 is 11.7 Å². The molecule has 0 heterocycles. The molecule has 0 spiro atoms. The molecule has 0 radical (unpaired) electrons. The molecule has 1 aliphatic rings. The predicted octanol–water partition coefficient (Wildman–Crippen LogP) is 1.66. The minimum atomic E-state index is -0.567. The van der Waals surface area contributed by atoms with E-state index < -0.39 is 11.3 Å². The van der Waals surface area contributed by atoms with Crippen LogP contribution in [-0.2, 0) is 9.59 Å². The van der Waals surface area contributed by atoms with E-state index in [9.17, 15) is 9.59 Å². The first-order chi connectivity index (χ1) is 6.41. The molecule has 3 nitrogen and oxygen atoms in total. The van der Waals surface area contributed by atoms with Crippen LogP contribution >= 0.6 is 0 Å². The van der Waals surface area contributed by atoms with Crippen molar-refractivity contribution in [2.75, 3.05) is 0 Å². The van der Waals surface area contributed by atoms with E-state index >= 15 is 0 Å². The molecule has 1 N–H and O–H groups in total. The summed E-state index contributed by atoms with van der Waals surface area (Å²) in [4.78, 5) is 23.0. The topological polar surface area (TPSA) is 46.2 Å². The Kier molecular flexibility index (Phi) is 3.29. The van der Waals surface area contributed by atoms with Gasteiger partial charge in [0, 0.05) is 11.5 Å². The van der Waals surface area contributed by atoms with Gasteiger partial charge in [-0.05, 0) is 12.8 Å². The summed E-state index contributed by atoms with van der Waals surface area (Å²) in [7, 11) is 0. The van der Waals surface area contributed by atoms with Crippen molar-refractivity contribution < 1.29 is 9.59 Å². The highest BCUT2D eigenvalue weighted by molar-refractivity contribution is 6.37. The molecule has 0 bridgehead atoms. The maximum atomic E-state index is 11.5. The third kappa shape index (κ3) is 2.82. The molecule has 0 aliphatic heterocycles. The van der Waals surface area contributed by atoms with Gasteiger partial charge in [-0.2, -0.15) is 0 Å². The van der Waals surface area contributed by atoms with Gasteiger partial charge in [-0.1, -0.05) is 33.6 Å². The normalized spacial score (nSPS) is 18.2. The van der Waals surface area contributed by atoms with Crippen LogP contribution in [0.2, 0.25) is 0 Å². The lowest BCUT2D eigenvalue weighted by atomic mass is 9.90. The molecule has 80 valence electrons. The van der Waals surface area contributed by atoms with Crippen LogP contribution in [-0.4, -0.2) is 17.7 Å². The fourth-order valence-corrected chi connectivity index (χ4v) is 1.66. The number of rotatable bonds is 2. The summed E-state index contributed by atoms with van der Waals surface area (Å²) in [6.07, 6.45) is 4.36. The molecule has 0 aromatic carbocycles. The second kappa shape index (κ2) is 4.11. The SMILES string of the molecule is CC(C)(C)C(=O)C(=O)NC1CCCC1. The summed E-state index contributed by atoms with van der Waals surface area (Å²) in [6, 6.07) is 0.230. The standard InChI is InChI=1S/C11H19NO2/c1-11(2,3)9(13)10(14)12-8-6-4-5-7-8/h8H,4-7H2,1-3H3,(H,12,14). The first-order valence-electron chi connectivity index (χ1n) is 5.26. The van der Waals surface area contributed by atoms with Gasteiger partial charge in [0.05, 0.1) is 0 Å². The molecule has 1 saturated carbocycles. The first-order valence-corrected chi connectivity index (χ1v) is 5.26. The van der Waals surface area contributed by atoms with Crippen LogP contribution in [0.15, 0.2) is 0 Å². The molecule has 0 atom stereocenters. The lowest BCUT2D eigenvalue weighted by molar-refractivity contribution is -0.142. The molecular weight excluding hydrogens is 178 g/mol. The summed E-state index contributed by atoms with van der Waals surface area (Å²) in [5.41, 5.74) is -0.567. The highest BCUT2D eigenvalue weighted by Crippen LogP contribution is 2.19. The number of carbonyl (C=O) groups excluding carboxylic acids is 2. The number of ketones is 1. The average molecular weight is 197 g/mol. The van der Waals surface area contributed by atoms with Crippen molar-refractivity contribution in [2.45, 2.75) is 52.5 Å².